The summed E-state index contributed by atoms with van der Waals surface area (Å²) in [5.74, 6) is 0.375. The summed E-state index contributed by atoms with van der Waals surface area (Å²) in [4.78, 5) is 11.8. The van der Waals surface area contributed by atoms with Crippen molar-refractivity contribution in [3.8, 4) is 0 Å². The zero-order chi connectivity index (χ0) is 15.3. The lowest BCUT2D eigenvalue weighted by Crippen LogP contribution is -2.27. The summed E-state index contributed by atoms with van der Waals surface area (Å²) in [5.41, 5.74) is 8.08. The molecule has 0 saturated heterocycles. The van der Waals surface area contributed by atoms with Gasteiger partial charge in [0.05, 0.1) is 0 Å². The molecule has 20 heavy (non-hydrogen) atoms. The Morgan fingerprint density at radius 1 is 1.40 bits per heavy atom. The third kappa shape index (κ3) is 5.21. The normalized spacial score (nSPS) is 12.9. The second-order valence-corrected chi connectivity index (χ2v) is 6.18. The lowest BCUT2D eigenvalue weighted by molar-refractivity contribution is 0.0636. The van der Waals surface area contributed by atoms with E-state index in [1.54, 1.807) is 0 Å². The maximum atomic E-state index is 11.8. The van der Waals surface area contributed by atoms with Crippen molar-refractivity contribution in [2.45, 2.75) is 52.6 Å². The first-order chi connectivity index (χ1) is 9.23. The van der Waals surface area contributed by atoms with Crippen LogP contribution in [0, 0.1) is 6.92 Å². The van der Waals surface area contributed by atoms with E-state index >= 15 is 0 Å². The number of nitrogens with two attached hydrogens (primary N) is 1. The van der Waals surface area contributed by atoms with E-state index in [-0.39, 0.29) is 0 Å². The Morgan fingerprint density at radius 3 is 2.60 bits per heavy atom. The molecule has 1 unspecified atom stereocenters. The van der Waals surface area contributed by atoms with E-state index in [9.17, 15) is 4.79 Å². The van der Waals surface area contributed by atoms with Gasteiger partial charge in [-0.25, -0.2) is 4.79 Å². The van der Waals surface area contributed by atoms with E-state index in [0.29, 0.717) is 12.5 Å². The Balaban J connectivity index is 2.84. The van der Waals surface area contributed by atoms with Crippen molar-refractivity contribution in [2.75, 3.05) is 11.9 Å². The fraction of sp³-hybridized carbons (Fsp3) is 0.562. The van der Waals surface area contributed by atoms with Crippen molar-refractivity contribution in [2.24, 2.45) is 5.73 Å². The Morgan fingerprint density at radius 2 is 2.05 bits per heavy atom. The molecule has 4 nitrogen and oxygen atoms in total. The fourth-order valence-electron chi connectivity index (χ4n) is 1.91. The van der Waals surface area contributed by atoms with Crippen LogP contribution in [0.15, 0.2) is 18.2 Å². The van der Waals surface area contributed by atoms with Crippen LogP contribution in [0.3, 0.4) is 0 Å². The molecule has 4 heteroatoms. The zero-order valence-corrected chi connectivity index (χ0v) is 13.1. The summed E-state index contributed by atoms with van der Waals surface area (Å²) < 4.78 is 5.27. The predicted molar refractivity (Wildman–Crippen MR) is 83.1 cm³/mol. The van der Waals surface area contributed by atoms with Crippen molar-refractivity contribution in [3.63, 3.8) is 0 Å². The van der Waals surface area contributed by atoms with Gasteiger partial charge in [-0.15, -0.1) is 0 Å². The van der Waals surface area contributed by atoms with Crippen molar-refractivity contribution >= 4 is 11.8 Å². The van der Waals surface area contributed by atoms with Crippen LogP contribution in [0.25, 0.3) is 0 Å². The lowest BCUT2D eigenvalue weighted by Gasteiger charge is -2.21. The van der Waals surface area contributed by atoms with Crippen LogP contribution in [-0.2, 0) is 4.74 Å². The molecule has 3 N–H and O–H groups in total. The van der Waals surface area contributed by atoms with Gasteiger partial charge in [0.25, 0.3) is 0 Å². The first-order valence-electron chi connectivity index (χ1n) is 7.03. The van der Waals surface area contributed by atoms with Gasteiger partial charge in [-0.1, -0.05) is 19.1 Å². The summed E-state index contributed by atoms with van der Waals surface area (Å²) >= 11 is 0. The quantitative estimate of drug-likeness (QED) is 0.880. The Bertz CT molecular complexity index is 464. The number of carbonyl (C=O) groups excluding carboxylic acids is 1. The number of benzene rings is 1. The highest BCUT2D eigenvalue weighted by molar-refractivity contribution is 5.86. The number of carbonyl (C=O) groups is 1. The van der Waals surface area contributed by atoms with Crippen LogP contribution in [0.4, 0.5) is 10.5 Å². The molecule has 0 heterocycles. The highest BCUT2D eigenvalue weighted by Crippen LogP contribution is 2.25. The van der Waals surface area contributed by atoms with Gasteiger partial charge in [0.2, 0.25) is 0 Å². The van der Waals surface area contributed by atoms with Crippen LogP contribution >= 0.6 is 0 Å². The van der Waals surface area contributed by atoms with Gasteiger partial charge in [0, 0.05) is 5.69 Å². The van der Waals surface area contributed by atoms with Crippen molar-refractivity contribution in [3.05, 3.63) is 29.3 Å². The number of aryl methyl sites for hydroxylation is 1. The molecule has 0 saturated carbocycles. The van der Waals surface area contributed by atoms with Crippen LogP contribution in [0.5, 0.6) is 0 Å². The Hall–Kier alpha value is -1.55. The third-order valence-corrected chi connectivity index (χ3v) is 3.07. The second-order valence-electron chi connectivity index (χ2n) is 6.18. The standard InChI is InChI=1S/C16H26N2O2/c1-11(8-9-17)13-7-6-12(2)14(10-13)18-15(19)20-16(3,4)5/h6-7,10-11H,8-9,17H2,1-5H3,(H,18,19). The molecule has 1 amide bonds. The smallest absolute Gasteiger partial charge is 0.412 e. The molecular formula is C16H26N2O2. The monoisotopic (exact) mass is 278 g/mol. The molecule has 0 spiro atoms. The average Bonchev–Trinajstić information content (AvgIpc) is 2.29. The number of hydrogen-bond acceptors (Lipinski definition) is 3. The highest BCUT2D eigenvalue weighted by atomic mass is 16.6. The number of hydrogen-bond donors (Lipinski definition) is 2. The summed E-state index contributed by atoms with van der Waals surface area (Å²) in [5, 5.41) is 2.81. The van der Waals surface area contributed by atoms with E-state index in [1.165, 1.54) is 5.56 Å². The highest BCUT2D eigenvalue weighted by Gasteiger charge is 2.17. The molecule has 1 rings (SSSR count). The van der Waals surface area contributed by atoms with Gasteiger partial charge in [-0.05, 0) is 63.8 Å². The Labute approximate surface area is 121 Å². The van der Waals surface area contributed by atoms with Gasteiger partial charge in [0.1, 0.15) is 5.60 Å². The molecule has 0 fully saturated rings. The minimum Gasteiger partial charge on any atom is -0.444 e. The van der Waals surface area contributed by atoms with E-state index < -0.39 is 11.7 Å². The van der Waals surface area contributed by atoms with Crippen LogP contribution in [-0.4, -0.2) is 18.2 Å². The molecule has 112 valence electrons. The molecule has 1 aromatic carbocycles. The zero-order valence-electron chi connectivity index (χ0n) is 13.1. The minimum atomic E-state index is -0.498. The first kappa shape index (κ1) is 16.5. The van der Waals surface area contributed by atoms with Gasteiger partial charge < -0.3 is 10.5 Å². The lowest BCUT2D eigenvalue weighted by atomic mass is 9.96. The molecule has 0 aromatic heterocycles. The summed E-state index contributed by atoms with van der Waals surface area (Å²) in [6.07, 6.45) is 0.499. The van der Waals surface area contributed by atoms with E-state index in [1.807, 2.05) is 39.8 Å². The summed E-state index contributed by atoms with van der Waals surface area (Å²) in [6, 6.07) is 6.09. The van der Waals surface area contributed by atoms with Crippen LogP contribution < -0.4 is 11.1 Å². The number of amides is 1. The molecule has 0 radical (unpaired) electrons. The van der Waals surface area contributed by atoms with Gasteiger partial charge in [0.15, 0.2) is 0 Å². The second kappa shape index (κ2) is 6.75. The van der Waals surface area contributed by atoms with Crippen molar-refractivity contribution in [1.29, 1.82) is 0 Å². The molecule has 0 aliphatic carbocycles. The number of rotatable bonds is 4. The molecule has 1 aromatic rings. The predicted octanol–water partition coefficient (Wildman–Crippen LogP) is 3.79. The minimum absolute atomic E-state index is 0.375. The molecule has 0 aliphatic heterocycles. The van der Waals surface area contributed by atoms with Crippen LogP contribution in [0.2, 0.25) is 0 Å². The third-order valence-electron chi connectivity index (χ3n) is 3.07. The van der Waals surface area contributed by atoms with Crippen molar-refractivity contribution in [1.82, 2.24) is 0 Å². The number of ether oxygens (including phenoxy) is 1. The van der Waals surface area contributed by atoms with E-state index in [2.05, 4.69) is 18.3 Å². The first-order valence-corrected chi connectivity index (χ1v) is 7.03. The topological polar surface area (TPSA) is 64.3 Å². The Kier molecular flexibility index (Phi) is 5.57. The molecule has 1 atom stereocenters. The summed E-state index contributed by atoms with van der Waals surface area (Å²) in [7, 11) is 0. The van der Waals surface area contributed by atoms with Gasteiger partial charge in [-0.2, -0.15) is 0 Å². The van der Waals surface area contributed by atoms with Gasteiger partial charge >= 0.3 is 6.09 Å². The number of nitrogens with one attached hydrogen (secondary N) is 1. The fourth-order valence-corrected chi connectivity index (χ4v) is 1.91. The average molecular weight is 278 g/mol. The van der Waals surface area contributed by atoms with E-state index in [4.69, 9.17) is 10.5 Å². The SMILES string of the molecule is Cc1ccc(C(C)CCN)cc1NC(=O)OC(C)(C)C. The molecule has 0 aliphatic rings. The van der Waals surface area contributed by atoms with Gasteiger partial charge in [-0.3, -0.25) is 5.32 Å². The van der Waals surface area contributed by atoms with Crippen molar-refractivity contribution < 1.29 is 9.53 Å². The largest absolute Gasteiger partial charge is 0.444 e. The maximum absolute atomic E-state index is 11.8. The van der Waals surface area contributed by atoms with E-state index in [0.717, 1.165) is 17.7 Å². The molecule has 0 bridgehead atoms. The summed E-state index contributed by atoms with van der Waals surface area (Å²) in [6.45, 7) is 10.3. The maximum Gasteiger partial charge on any atom is 0.412 e. The molecular weight excluding hydrogens is 252 g/mol. The number of anilines is 1. The van der Waals surface area contributed by atoms with Crippen LogP contribution in [0.1, 0.15) is 51.2 Å².